The number of hydrogen-bond acceptors (Lipinski definition) is 2. The van der Waals surface area contributed by atoms with E-state index in [9.17, 15) is 10.1 Å². The number of aromatic nitrogens is 1. The molecule has 0 fully saturated rings. The zero-order valence-electron chi connectivity index (χ0n) is 12.2. The molecule has 0 aliphatic carbocycles. The third-order valence-electron chi connectivity index (χ3n) is 3.63. The number of fused-ring (bicyclic) bond motifs is 1. The predicted molar refractivity (Wildman–Crippen MR) is 89.7 cm³/mol. The van der Waals surface area contributed by atoms with Gasteiger partial charge in [-0.1, -0.05) is 37.3 Å². The summed E-state index contributed by atoms with van der Waals surface area (Å²) in [6.45, 7) is 2.09. The number of benzene rings is 2. The molecule has 0 spiro atoms. The summed E-state index contributed by atoms with van der Waals surface area (Å²) >= 11 is 0. The fourth-order valence-electron chi connectivity index (χ4n) is 2.55. The van der Waals surface area contributed by atoms with Crippen LogP contribution >= 0.6 is 0 Å². The van der Waals surface area contributed by atoms with Crippen LogP contribution in [0.5, 0.6) is 0 Å². The van der Waals surface area contributed by atoms with Gasteiger partial charge >= 0.3 is 0 Å². The van der Waals surface area contributed by atoms with Gasteiger partial charge in [0.25, 0.3) is 5.69 Å². The monoisotopic (exact) mass is 292 g/mol. The van der Waals surface area contributed by atoms with Crippen LogP contribution in [0.4, 0.5) is 5.69 Å². The highest BCUT2D eigenvalue weighted by Gasteiger charge is 2.12. The largest absolute Gasteiger partial charge is 0.354 e. The Bertz CT molecular complexity index is 845. The number of aromatic amines is 1. The zero-order valence-corrected chi connectivity index (χ0v) is 12.2. The number of allylic oxidation sites excluding steroid dienone is 1. The van der Waals surface area contributed by atoms with E-state index in [0.29, 0.717) is 0 Å². The highest BCUT2D eigenvalue weighted by atomic mass is 16.6. The van der Waals surface area contributed by atoms with Gasteiger partial charge in [-0.2, -0.15) is 0 Å². The second-order valence-electron chi connectivity index (χ2n) is 5.07. The first-order chi connectivity index (χ1) is 10.7. The fraction of sp³-hybridized carbons (Fsp3) is 0.111. The highest BCUT2D eigenvalue weighted by Crippen LogP contribution is 2.32. The van der Waals surface area contributed by atoms with Gasteiger partial charge in [0.05, 0.1) is 10.6 Å². The number of nitro benzene ring substituents is 1. The van der Waals surface area contributed by atoms with Crippen LogP contribution in [-0.4, -0.2) is 9.91 Å². The van der Waals surface area contributed by atoms with E-state index in [1.165, 1.54) is 12.1 Å². The lowest BCUT2D eigenvalue weighted by Crippen LogP contribution is -1.88. The fourth-order valence-corrected chi connectivity index (χ4v) is 2.55. The Morgan fingerprint density at radius 2 is 1.86 bits per heavy atom. The molecule has 0 bridgehead atoms. The van der Waals surface area contributed by atoms with Crippen molar-refractivity contribution in [1.82, 2.24) is 4.98 Å². The molecule has 0 unspecified atom stereocenters. The van der Waals surface area contributed by atoms with E-state index in [2.05, 4.69) is 30.1 Å². The summed E-state index contributed by atoms with van der Waals surface area (Å²) in [5.74, 6) is 0. The number of non-ortho nitro benzene ring substituents is 1. The maximum Gasteiger partial charge on any atom is 0.269 e. The third kappa shape index (κ3) is 2.51. The maximum absolute atomic E-state index is 10.8. The number of para-hydroxylation sites is 1. The van der Waals surface area contributed by atoms with Crippen molar-refractivity contribution >= 4 is 22.7 Å². The number of H-pyrrole nitrogens is 1. The molecule has 3 rings (SSSR count). The SMILES string of the molecule is CC/C=C/c1c(-c2ccc([N+](=O)[O-])cc2)[nH]c2ccccc12. The van der Waals surface area contributed by atoms with Gasteiger partial charge in [-0.3, -0.25) is 10.1 Å². The van der Waals surface area contributed by atoms with Gasteiger partial charge in [-0.15, -0.1) is 0 Å². The molecule has 1 N–H and O–H groups in total. The Morgan fingerprint density at radius 1 is 1.14 bits per heavy atom. The number of hydrogen-bond donors (Lipinski definition) is 1. The molecule has 0 aliphatic rings. The summed E-state index contributed by atoms with van der Waals surface area (Å²) in [6, 6.07) is 14.8. The Balaban J connectivity index is 2.16. The molecule has 0 saturated carbocycles. The van der Waals surface area contributed by atoms with Crippen LogP contribution in [-0.2, 0) is 0 Å². The minimum atomic E-state index is -0.382. The quantitative estimate of drug-likeness (QED) is 0.533. The first kappa shape index (κ1) is 14.1. The molecule has 0 amide bonds. The second-order valence-corrected chi connectivity index (χ2v) is 5.07. The molecule has 110 valence electrons. The van der Waals surface area contributed by atoms with Crippen molar-refractivity contribution in [3.63, 3.8) is 0 Å². The average molecular weight is 292 g/mol. The van der Waals surface area contributed by atoms with E-state index in [1.807, 2.05) is 18.2 Å². The van der Waals surface area contributed by atoms with Crippen molar-refractivity contribution in [2.75, 3.05) is 0 Å². The Labute approximate surface area is 128 Å². The van der Waals surface area contributed by atoms with Gasteiger partial charge in [0.15, 0.2) is 0 Å². The van der Waals surface area contributed by atoms with Crippen LogP contribution in [0.25, 0.3) is 28.2 Å². The lowest BCUT2D eigenvalue weighted by atomic mass is 10.0. The standard InChI is InChI=1S/C18H16N2O2/c1-2-3-6-16-15-7-4-5-8-17(15)19-18(16)13-9-11-14(12-10-13)20(21)22/h3-12,19H,2H2,1H3/b6-3+. The van der Waals surface area contributed by atoms with Crippen LogP contribution < -0.4 is 0 Å². The summed E-state index contributed by atoms with van der Waals surface area (Å²) in [5.41, 5.74) is 4.21. The van der Waals surface area contributed by atoms with Gasteiger partial charge in [-0.25, -0.2) is 0 Å². The molecule has 2 aromatic carbocycles. The summed E-state index contributed by atoms with van der Waals surface area (Å²) < 4.78 is 0. The molecule has 22 heavy (non-hydrogen) atoms. The molecular formula is C18H16N2O2. The molecule has 4 nitrogen and oxygen atoms in total. The van der Waals surface area contributed by atoms with Gasteiger partial charge in [-0.05, 0) is 30.2 Å². The average Bonchev–Trinajstić information content (AvgIpc) is 2.91. The smallest absolute Gasteiger partial charge is 0.269 e. The minimum Gasteiger partial charge on any atom is -0.354 e. The molecule has 0 radical (unpaired) electrons. The molecule has 4 heteroatoms. The van der Waals surface area contributed by atoms with Crippen LogP contribution in [0.2, 0.25) is 0 Å². The Kier molecular flexibility index (Phi) is 3.74. The number of nitrogens with one attached hydrogen (secondary N) is 1. The van der Waals surface area contributed by atoms with E-state index < -0.39 is 0 Å². The second kappa shape index (κ2) is 5.85. The number of nitrogens with zero attached hydrogens (tertiary/aromatic N) is 1. The van der Waals surface area contributed by atoms with Gasteiger partial charge in [0.1, 0.15) is 0 Å². The van der Waals surface area contributed by atoms with Crippen molar-refractivity contribution in [2.24, 2.45) is 0 Å². The van der Waals surface area contributed by atoms with Crippen LogP contribution in [0.3, 0.4) is 0 Å². The summed E-state index contributed by atoms with van der Waals surface area (Å²) in [5, 5.41) is 11.9. The Hall–Kier alpha value is -2.88. The Morgan fingerprint density at radius 3 is 2.55 bits per heavy atom. The van der Waals surface area contributed by atoms with E-state index in [1.54, 1.807) is 12.1 Å². The normalized spacial score (nSPS) is 11.3. The van der Waals surface area contributed by atoms with Crippen LogP contribution in [0.15, 0.2) is 54.6 Å². The lowest BCUT2D eigenvalue weighted by molar-refractivity contribution is -0.384. The van der Waals surface area contributed by atoms with E-state index in [-0.39, 0.29) is 10.6 Å². The third-order valence-corrected chi connectivity index (χ3v) is 3.63. The molecule has 1 heterocycles. The van der Waals surface area contributed by atoms with Crippen LogP contribution in [0, 0.1) is 10.1 Å². The first-order valence-corrected chi connectivity index (χ1v) is 7.22. The van der Waals surface area contributed by atoms with Crippen molar-refractivity contribution in [2.45, 2.75) is 13.3 Å². The van der Waals surface area contributed by atoms with Crippen molar-refractivity contribution in [3.05, 3.63) is 70.3 Å². The molecule has 0 aliphatic heterocycles. The van der Waals surface area contributed by atoms with E-state index >= 15 is 0 Å². The molecular weight excluding hydrogens is 276 g/mol. The topological polar surface area (TPSA) is 58.9 Å². The molecule has 1 aromatic heterocycles. The van der Waals surface area contributed by atoms with Crippen LogP contribution in [0.1, 0.15) is 18.9 Å². The maximum atomic E-state index is 10.8. The molecule has 3 aromatic rings. The molecule has 0 saturated heterocycles. The van der Waals surface area contributed by atoms with E-state index in [0.717, 1.165) is 34.1 Å². The number of rotatable bonds is 4. The lowest BCUT2D eigenvalue weighted by Gasteiger charge is -2.01. The van der Waals surface area contributed by atoms with Crippen molar-refractivity contribution in [1.29, 1.82) is 0 Å². The molecule has 0 atom stereocenters. The van der Waals surface area contributed by atoms with Gasteiger partial charge < -0.3 is 4.98 Å². The van der Waals surface area contributed by atoms with Gasteiger partial charge in [0, 0.05) is 28.6 Å². The number of nitro groups is 1. The summed E-state index contributed by atoms with van der Waals surface area (Å²) in [6.07, 6.45) is 5.18. The van der Waals surface area contributed by atoms with Crippen molar-refractivity contribution < 1.29 is 4.92 Å². The highest BCUT2D eigenvalue weighted by molar-refractivity contribution is 5.96. The van der Waals surface area contributed by atoms with E-state index in [4.69, 9.17) is 0 Å². The summed E-state index contributed by atoms with van der Waals surface area (Å²) in [4.78, 5) is 13.8. The summed E-state index contributed by atoms with van der Waals surface area (Å²) in [7, 11) is 0. The van der Waals surface area contributed by atoms with Gasteiger partial charge in [0.2, 0.25) is 0 Å². The minimum absolute atomic E-state index is 0.102. The zero-order chi connectivity index (χ0) is 15.5. The predicted octanol–water partition coefficient (Wildman–Crippen LogP) is 5.17. The van der Waals surface area contributed by atoms with Crippen molar-refractivity contribution in [3.8, 4) is 11.3 Å². The first-order valence-electron chi connectivity index (χ1n) is 7.22.